The van der Waals surface area contributed by atoms with Crippen LogP contribution in [0, 0.1) is 12.7 Å². The molecule has 42 heavy (non-hydrogen) atoms. The number of hydrogen-bond acceptors (Lipinski definition) is 6. The topological polar surface area (TPSA) is 109 Å². The average Bonchev–Trinajstić information content (AvgIpc) is 3.58. The van der Waals surface area contributed by atoms with E-state index in [0.29, 0.717) is 61.5 Å². The van der Waals surface area contributed by atoms with E-state index in [1.165, 1.54) is 19.4 Å². The van der Waals surface area contributed by atoms with E-state index in [2.05, 4.69) is 15.0 Å². The molecule has 0 saturated heterocycles. The molecule has 3 heterocycles. The molecule has 1 N–H and O–H groups in total. The Balaban J connectivity index is 1.60. The predicted octanol–water partition coefficient (Wildman–Crippen LogP) is 7.14. The molecule has 6 aromatic rings. The maximum Gasteiger partial charge on any atom is 0.232 e. The number of fused-ring (bicyclic) bond motifs is 2. The second-order valence-electron chi connectivity index (χ2n) is 10.2. The van der Waals surface area contributed by atoms with Crippen molar-refractivity contribution in [2.45, 2.75) is 20.3 Å². The standard InChI is InChI=1S/C32H27FN4O4S/c1-5-29(38)31-22-13-21(25-15-26(35-17-34-25)27-14-20-23(33)7-6-8-24(20)36-27)28(37(3)42(4,39)40)16-30(22)41-32(31)19-11-9-18(2)10-12-19/h6-17,36H,5H2,1-4H3. The summed E-state index contributed by atoms with van der Waals surface area (Å²) in [4.78, 5) is 25.3. The van der Waals surface area contributed by atoms with E-state index in [9.17, 15) is 17.6 Å². The van der Waals surface area contributed by atoms with Crippen molar-refractivity contribution in [3.05, 3.63) is 90.0 Å². The molecule has 3 aromatic carbocycles. The van der Waals surface area contributed by atoms with Crippen LogP contribution in [-0.2, 0) is 10.0 Å². The van der Waals surface area contributed by atoms with Gasteiger partial charge in [0.05, 0.1) is 34.6 Å². The number of sulfonamides is 1. The Morgan fingerprint density at radius 3 is 2.43 bits per heavy atom. The van der Waals surface area contributed by atoms with Crippen molar-refractivity contribution in [3.8, 4) is 34.0 Å². The van der Waals surface area contributed by atoms with Crippen LogP contribution in [0.5, 0.6) is 0 Å². The number of furan rings is 1. The number of H-pyrrole nitrogens is 1. The molecular weight excluding hydrogens is 555 g/mol. The number of nitrogens with zero attached hydrogens (tertiary/aromatic N) is 3. The molecule has 0 amide bonds. The van der Waals surface area contributed by atoms with Gasteiger partial charge >= 0.3 is 0 Å². The highest BCUT2D eigenvalue weighted by atomic mass is 32.2. The summed E-state index contributed by atoms with van der Waals surface area (Å²) in [6, 6.07) is 19.2. The number of carbonyl (C=O) groups excluding carboxylic acids is 1. The molecule has 0 radical (unpaired) electrons. The smallest absolute Gasteiger partial charge is 0.232 e. The van der Waals surface area contributed by atoms with E-state index in [0.717, 1.165) is 21.7 Å². The van der Waals surface area contributed by atoms with Crippen molar-refractivity contribution in [1.82, 2.24) is 15.0 Å². The summed E-state index contributed by atoms with van der Waals surface area (Å²) >= 11 is 0. The molecular formula is C32H27FN4O4S. The van der Waals surface area contributed by atoms with Crippen LogP contribution in [0.4, 0.5) is 10.1 Å². The number of Topliss-reactive ketones (excluding diaryl/α,β-unsaturated/α-hetero) is 1. The van der Waals surface area contributed by atoms with Crippen molar-refractivity contribution < 1.29 is 22.0 Å². The van der Waals surface area contributed by atoms with Crippen molar-refractivity contribution in [1.29, 1.82) is 0 Å². The first kappa shape index (κ1) is 27.3. The first-order valence-electron chi connectivity index (χ1n) is 13.3. The minimum atomic E-state index is -3.69. The van der Waals surface area contributed by atoms with Crippen LogP contribution >= 0.6 is 0 Å². The van der Waals surface area contributed by atoms with Crippen molar-refractivity contribution in [2.24, 2.45) is 0 Å². The Hall–Kier alpha value is -4.83. The number of aromatic nitrogens is 3. The van der Waals surface area contributed by atoms with Gasteiger partial charge in [-0.25, -0.2) is 22.8 Å². The van der Waals surface area contributed by atoms with Gasteiger partial charge in [-0.3, -0.25) is 9.10 Å². The van der Waals surface area contributed by atoms with Gasteiger partial charge in [0.15, 0.2) is 5.78 Å². The zero-order chi connectivity index (χ0) is 29.8. The van der Waals surface area contributed by atoms with Gasteiger partial charge in [-0.15, -0.1) is 0 Å². The molecule has 0 fully saturated rings. The number of ketones is 1. The van der Waals surface area contributed by atoms with Gasteiger partial charge in [-0.05, 0) is 37.3 Å². The van der Waals surface area contributed by atoms with Gasteiger partial charge in [0.2, 0.25) is 10.0 Å². The molecule has 0 aliphatic heterocycles. The van der Waals surface area contributed by atoms with Gasteiger partial charge in [-0.1, -0.05) is 42.8 Å². The minimum Gasteiger partial charge on any atom is -0.455 e. The minimum absolute atomic E-state index is 0.108. The second kappa shape index (κ2) is 10.2. The Kier molecular flexibility index (Phi) is 6.65. The molecule has 10 heteroatoms. The molecule has 0 unspecified atom stereocenters. The van der Waals surface area contributed by atoms with Gasteiger partial charge < -0.3 is 9.40 Å². The number of nitrogens with one attached hydrogen (secondary N) is 1. The molecule has 8 nitrogen and oxygen atoms in total. The highest BCUT2D eigenvalue weighted by Gasteiger charge is 2.26. The number of halogens is 1. The summed E-state index contributed by atoms with van der Waals surface area (Å²) in [6.45, 7) is 3.76. The summed E-state index contributed by atoms with van der Waals surface area (Å²) in [5, 5.41) is 0.974. The highest BCUT2D eigenvalue weighted by Crippen LogP contribution is 2.41. The third kappa shape index (κ3) is 4.73. The summed E-state index contributed by atoms with van der Waals surface area (Å²) in [5.41, 5.74) is 5.47. The van der Waals surface area contributed by atoms with Gasteiger partial charge in [-0.2, -0.15) is 0 Å². The van der Waals surface area contributed by atoms with Crippen LogP contribution in [-0.4, -0.2) is 42.5 Å². The number of aromatic amines is 1. The fraction of sp³-hybridized carbons (Fsp3) is 0.156. The quantitative estimate of drug-likeness (QED) is 0.200. The summed E-state index contributed by atoms with van der Waals surface area (Å²) in [6.07, 6.45) is 2.73. The van der Waals surface area contributed by atoms with Gasteiger partial charge in [0.25, 0.3) is 0 Å². The van der Waals surface area contributed by atoms with Gasteiger partial charge in [0, 0.05) is 47.0 Å². The number of rotatable bonds is 7. The second-order valence-corrected chi connectivity index (χ2v) is 12.2. The SMILES string of the molecule is CCC(=O)c1c(-c2ccc(C)cc2)oc2cc(N(C)S(C)(=O)=O)c(-c3cc(-c4cc5c(F)cccc5[nH]4)ncn3)cc12. The van der Waals surface area contributed by atoms with Crippen LogP contribution in [0.1, 0.15) is 29.3 Å². The first-order valence-corrected chi connectivity index (χ1v) is 15.1. The lowest BCUT2D eigenvalue weighted by Gasteiger charge is -2.20. The molecule has 3 aromatic heterocycles. The molecule has 0 bridgehead atoms. The zero-order valence-electron chi connectivity index (χ0n) is 23.4. The lowest BCUT2D eigenvalue weighted by molar-refractivity contribution is 0.0989. The van der Waals surface area contributed by atoms with E-state index < -0.39 is 10.0 Å². The maximum absolute atomic E-state index is 14.4. The normalized spacial score (nSPS) is 11.8. The molecule has 0 aliphatic rings. The van der Waals surface area contributed by atoms with Crippen molar-refractivity contribution >= 4 is 43.4 Å². The summed E-state index contributed by atoms with van der Waals surface area (Å²) < 4.78 is 47.2. The number of aryl methyl sites for hydroxylation is 1. The molecule has 212 valence electrons. The van der Waals surface area contributed by atoms with Crippen LogP contribution in [0.15, 0.2) is 77.5 Å². The van der Waals surface area contributed by atoms with Crippen LogP contribution in [0.25, 0.3) is 55.8 Å². The molecule has 6 rings (SSSR count). The molecule has 0 spiro atoms. The van der Waals surface area contributed by atoms with E-state index in [1.54, 1.807) is 43.3 Å². The van der Waals surface area contributed by atoms with E-state index in [4.69, 9.17) is 4.42 Å². The summed E-state index contributed by atoms with van der Waals surface area (Å²) in [5.74, 6) is -0.0438. The van der Waals surface area contributed by atoms with Crippen molar-refractivity contribution in [3.63, 3.8) is 0 Å². The predicted molar refractivity (Wildman–Crippen MR) is 163 cm³/mol. The van der Waals surface area contributed by atoms with Crippen LogP contribution < -0.4 is 4.31 Å². The molecule has 0 aliphatic carbocycles. The average molecular weight is 583 g/mol. The van der Waals surface area contributed by atoms with Gasteiger partial charge in [0.1, 0.15) is 23.5 Å². The first-order chi connectivity index (χ1) is 20.0. The lowest BCUT2D eigenvalue weighted by atomic mass is 9.97. The van der Waals surface area contributed by atoms with Crippen molar-refractivity contribution in [2.75, 3.05) is 17.6 Å². The zero-order valence-corrected chi connectivity index (χ0v) is 24.2. The Bertz CT molecular complexity index is 2110. The Morgan fingerprint density at radius 1 is 1.00 bits per heavy atom. The third-order valence-corrected chi connectivity index (χ3v) is 8.58. The maximum atomic E-state index is 14.4. The van der Waals surface area contributed by atoms with E-state index in [-0.39, 0.29) is 18.0 Å². The number of benzene rings is 3. The van der Waals surface area contributed by atoms with E-state index in [1.807, 2.05) is 31.2 Å². The molecule has 0 atom stereocenters. The monoisotopic (exact) mass is 582 g/mol. The van der Waals surface area contributed by atoms with E-state index >= 15 is 0 Å². The number of carbonyl (C=O) groups is 1. The number of hydrogen-bond donors (Lipinski definition) is 1. The Labute approximate surface area is 241 Å². The molecule has 0 saturated carbocycles. The fourth-order valence-corrected chi connectivity index (χ4v) is 5.55. The number of anilines is 1. The Morgan fingerprint density at radius 2 is 1.74 bits per heavy atom. The van der Waals surface area contributed by atoms with Crippen LogP contribution in [0.2, 0.25) is 0 Å². The fourth-order valence-electron chi connectivity index (χ4n) is 5.05. The highest BCUT2D eigenvalue weighted by molar-refractivity contribution is 7.92. The van der Waals surface area contributed by atoms with Crippen LogP contribution in [0.3, 0.4) is 0 Å². The third-order valence-electron chi connectivity index (χ3n) is 7.39. The summed E-state index contributed by atoms with van der Waals surface area (Å²) in [7, 11) is -2.24. The largest absolute Gasteiger partial charge is 0.455 e. The lowest BCUT2D eigenvalue weighted by Crippen LogP contribution is -2.25.